The molecule has 0 radical (unpaired) electrons. The Kier molecular flexibility index (Phi) is 2.94. The molecule has 1 aromatic rings. The smallest absolute Gasteiger partial charge is 0.129 e. The number of rotatable bonds is 3. The van der Waals surface area contributed by atoms with E-state index < -0.39 is 0 Å². The second kappa shape index (κ2) is 3.77. The highest BCUT2D eigenvalue weighted by Crippen LogP contribution is 2.12. The second-order valence-electron chi connectivity index (χ2n) is 2.69. The van der Waals surface area contributed by atoms with Crippen LogP contribution in [0.5, 0.6) is 0 Å². The predicted molar refractivity (Wildman–Crippen MR) is 46.9 cm³/mol. The van der Waals surface area contributed by atoms with Gasteiger partial charge in [-0.3, -0.25) is 0 Å². The molecule has 1 aromatic heterocycles. The molecular weight excluding hydrogens is 160 g/mol. The molecule has 0 saturated carbocycles. The summed E-state index contributed by atoms with van der Waals surface area (Å²) < 4.78 is 0. The SMILES string of the molecule is CCCCc1nc(C)c(Cl)[nH]1. The summed E-state index contributed by atoms with van der Waals surface area (Å²) >= 11 is 5.79. The third-order valence-electron chi connectivity index (χ3n) is 1.64. The van der Waals surface area contributed by atoms with Crippen molar-refractivity contribution in [3.63, 3.8) is 0 Å². The highest BCUT2D eigenvalue weighted by Gasteiger charge is 2.01. The zero-order chi connectivity index (χ0) is 8.27. The molecule has 0 amide bonds. The number of aromatic nitrogens is 2. The molecule has 0 fully saturated rings. The average Bonchev–Trinajstić information content (AvgIpc) is 2.28. The fourth-order valence-electron chi connectivity index (χ4n) is 0.959. The molecule has 0 saturated heterocycles. The Balaban J connectivity index is 2.58. The molecule has 1 rings (SSSR count). The van der Waals surface area contributed by atoms with Gasteiger partial charge in [-0.25, -0.2) is 4.98 Å². The zero-order valence-corrected chi connectivity index (χ0v) is 7.70. The van der Waals surface area contributed by atoms with E-state index in [0.29, 0.717) is 5.15 Å². The molecule has 0 aliphatic heterocycles. The van der Waals surface area contributed by atoms with Crippen molar-refractivity contribution in [3.8, 4) is 0 Å². The van der Waals surface area contributed by atoms with Crippen LogP contribution in [0.15, 0.2) is 0 Å². The van der Waals surface area contributed by atoms with Crippen LogP contribution in [0, 0.1) is 6.92 Å². The van der Waals surface area contributed by atoms with Crippen LogP contribution in [0.4, 0.5) is 0 Å². The predicted octanol–water partition coefficient (Wildman–Crippen LogP) is 2.71. The second-order valence-corrected chi connectivity index (χ2v) is 3.06. The Morgan fingerprint density at radius 3 is 2.73 bits per heavy atom. The Morgan fingerprint density at radius 1 is 1.55 bits per heavy atom. The summed E-state index contributed by atoms with van der Waals surface area (Å²) in [5.74, 6) is 1.01. The molecule has 1 heterocycles. The number of hydrogen-bond acceptors (Lipinski definition) is 1. The minimum atomic E-state index is 0.677. The van der Waals surface area contributed by atoms with Gasteiger partial charge in [0.15, 0.2) is 0 Å². The van der Waals surface area contributed by atoms with E-state index in [1.165, 1.54) is 12.8 Å². The fraction of sp³-hybridized carbons (Fsp3) is 0.625. The van der Waals surface area contributed by atoms with Crippen LogP contribution >= 0.6 is 11.6 Å². The van der Waals surface area contributed by atoms with Gasteiger partial charge in [-0.2, -0.15) is 0 Å². The lowest BCUT2D eigenvalue weighted by Crippen LogP contribution is -1.86. The van der Waals surface area contributed by atoms with Gasteiger partial charge in [0.2, 0.25) is 0 Å². The largest absolute Gasteiger partial charge is 0.333 e. The normalized spacial score (nSPS) is 10.5. The van der Waals surface area contributed by atoms with Crippen LogP contribution in [0.3, 0.4) is 0 Å². The Bertz CT molecular complexity index is 210. The molecule has 0 aromatic carbocycles. The molecule has 0 spiro atoms. The molecule has 1 N–H and O–H groups in total. The fourth-order valence-corrected chi connectivity index (χ4v) is 1.11. The minimum Gasteiger partial charge on any atom is -0.333 e. The monoisotopic (exact) mass is 172 g/mol. The summed E-state index contributed by atoms with van der Waals surface area (Å²) in [6, 6.07) is 0. The number of H-pyrrole nitrogens is 1. The van der Waals surface area contributed by atoms with Crippen LogP contribution in [0.1, 0.15) is 31.3 Å². The van der Waals surface area contributed by atoms with E-state index in [1.807, 2.05) is 6.92 Å². The number of aryl methyl sites for hydroxylation is 2. The van der Waals surface area contributed by atoms with Crippen molar-refractivity contribution in [1.29, 1.82) is 0 Å². The van der Waals surface area contributed by atoms with Crippen molar-refractivity contribution in [2.75, 3.05) is 0 Å². The van der Waals surface area contributed by atoms with Crippen LogP contribution in [-0.4, -0.2) is 9.97 Å². The maximum atomic E-state index is 5.79. The van der Waals surface area contributed by atoms with Crippen molar-refractivity contribution in [2.24, 2.45) is 0 Å². The van der Waals surface area contributed by atoms with Crippen molar-refractivity contribution < 1.29 is 0 Å². The lowest BCUT2D eigenvalue weighted by Gasteiger charge is -1.90. The molecule has 0 bridgehead atoms. The standard InChI is InChI=1S/C8H13ClN2/c1-3-4-5-7-10-6(2)8(9)11-7/h3-5H2,1-2H3,(H,10,11). The lowest BCUT2D eigenvalue weighted by molar-refractivity contribution is 0.761. The molecule has 62 valence electrons. The van der Waals surface area contributed by atoms with Crippen molar-refractivity contribution in [2.45, 2.75) is 33.1 Å². The van der Waals surface area contributed by atoms with Crippen LogP contribution in [0.25, 0.3) is 0 Å². The molecule has 11 heavy (non-hydrogen) atoms. The minimum absolute atomic E-state index is 0.677. The first-order chi connectivity index (χ1) is 5.24. The van der Waals surface area contributed by atoms with Crippen LogP contribution in [-0.2, 0) is 6.42 Å². The molecular formula is C8H13ClN2. The van der Waals surface area contributed by atoms with Gasteiger partial charge < -0.3 is 4.98 Å². The van der Waals surface area contributed by atoms with Gasteiger partial charge in [-0.1, -0.05) is 24.9 Å². The summed E-state index contributed by atoms with van der Waals surface area (Å²) in [5.41, 5.74) is 0.901. The van der Waals surface area contributed by atoms with E-state index in [2.05, 4.69) is 16.9 Å². The molecule has 0 unspecified atom stereocenters. The summed E-state index contributed by atoms with van der Waals surface area (Å²) in [7, 11) is 0. The number of halogens is 1. The highest BCUT2D eigenvalue weighted by atomic mass is 35.5. The van der Waals surface area contributed by atoms with E-state index in [0.717, 1.165) is 17.9 Å². The van der Waals surface area contributed by atoms with Crippen LogP contribution in [0.2, 0.25) is 5.15 Å². The van der Waals surface area contributed by atoms with Gasteiger partial charge in [0.25, 0.3) is 0 Å². The number of imidazole rings is 1. The van der Waals surface area contributed by atoms with Crippen LogP contribution < -0.4 is 0 Å². The zero-order valence-electron chi connectivity index (χ0n) is 6.95. The molecule has 0 atom stereocenters. The van der Waals surface area contributed by atoms with Gasteiger partial charge in [-0.05, 0) is 13.3 Å². The maximum absolute atomic E-state index is 5.79. The van der Waals surface area contributed by atoms with E-state index in [4.69, 9.17) is 11.6 Å². The van der Waals surface area contributed by atoms with Gasteiger partial charge >= 0.3 is 0 Å². The lowest BCUT2D eigenvalue weighted by atomic mass is 10.2. The number of hydrogen-bond donors (Lipinski definition) is 1. The summed E-state index contributed by atoms with van der Waals surface area (Å²) in [4.78, 5) is 7.29. The van der Waals surface area contributed by atoms with E-state index >= 15 is 0 Å². The number of nitrogens with one attached hydrogen (secondary N) is 1. The third-order valence-corrected chi connectivity index (χ3v) is 2.01. The van der Waals surface area contributed by atoms with Gasteiger partial charge in [0.05, 0.1) is 5.69 Å². The molecule has 0 aliphatic rings. The summed E-state index contributed by atoms with van der Waals surface area (Å²) in [5, 5.41) is 0.677. The Labute approximate surface area is 72.0 Å². The van der Waals surface area contributed by atoms with Gasteiger partial charge in [-0.15, -0.1) is 0 Å². The first kappa shape index (κ1) is 8.60. The molecule has 0 aliphatic carbocycles. The first-order valence-corrected chi connectivity index (χ1v) is 4.32. The summed E-state index contributed by atoms with van der Waals surface area (Å²) in [6.07, 6.45) is 3.37. The van der Waals surface area contributed by atoms with Gasteiger partial charge in [0.1, 0.15) is 11.0 Å². The van der Waals surface area contributed by atoms with Crippen molar-refractivity contribution in [1.82, 2.24) is 9.97 Å². The number of unbranched alkanes of at least 4 members (excludes halogenated alkanes) is 1. The number of nitrogens with zero attached hydrogens (tertiary/aromatic N) is 1. The van der Waals surface area contributed by atoms with E-state index in [9.17, 15) is 0 Å². The summed E-state index contributed by atoms with van der Waals surface area (Å²) in [6.45, 7) is 4.08. The first-order valence-electron chi connectivity index (χ1n) is 3.95. The topological polar surface area (TPSA) is 28.7 Å². The molecule has 3 heteroatoms. The third kappa shape index (κ3) is 2.22. The van der Waals surface area contributed by atoms with Gasteiger partial charge in [0, 0.05) is 6.42 Å². The maximum Gasteiger partial charge on any atom is 0.129 e. The quantitative estimate of drug-likeness (QED) is 0.746. The average molecular weight is 173 g/mol. The van der Waals surface area contributed by atoms with E-state index in [1.54, 1.807) is 0 Å². The van der Waals surface area contributed by atoms with E-state index in [-0.39, 0.29) is 0 Å². The Morgan fingerprint density at radius 2 is 2.27 bits per heavy atom. The van der Waals surface area contributed by atoms with Crippen molar-refractivity contribution >= 4 is 11.6 Å². The molecule has 2 nitrogen and oxygen atoms in total. The Hall–Kier alpha value is -0.500. The number of aromatic amines is 1. The highest BCUT2D eigenvalue weighted by molar-refractivity contribution is 6.30. The van der Waals surface area contributed by atoms with Crippen molar-refractivity contribution in [3.05, 3.63) is 16.7 Å².